The third-order valence-electron chi connectivity index (χ3n) is 3.12. The van der Waals surface area contributed by atoms with Gasteiger partial charge in [0.1, 0.15) is 12.7 Å². The Bertz CT molecular complexity index is 737. The highest BCUT2D eigenvalue weighted by Gasteiger charge is 2.04. The van der Waals surface area contributed by atoms with Gasteiger partial charge in [-0.05, 0) is 22.8 Å². The summed E-state index contributed by atoms with van der Waals surface area (Å²) >= 11 is 0. The smallest absolute Gasteiger partial charge is 0.137 e. The summed E-state index contributed by atoms with van der Waals surface area (Å²) in [6, 6.07) is 18.0. The molecule has 1 heterocycles. The molecule has 0 N–H and O–H groups in total. The van der Waals surface area contributed by atoms with E-state index >= 15 is 0 Å². The first kappa shape index (κ1) is 12.1. The van der Waals surface area contributed by atoms with Crippen molar-refractivity contribution >= 4 is 0 Å². The van der Waals surface area contributed by atoms with Crippen LogP contribution < -0.4 is 0 Å². The van der Waals surface area contributed by atoms with E-state index in [1.165, 1.54) is 6.33 Å². The van der Waals surface area contributed by atoms with Crippen LogP contribution in [0.25, 0.3) is 11.1 Å². The second-order valence-corrected chi connectivity index (χ2v) is 4.45. The zero-order chi connectivity index (χ0) is 13.8. The van der Waals surface area contributed by atoms with Crippen molar-refractivity contribution in [1.82, 2.24) is 14.8 Å². The molecule has 0 aliphatic rings. The van der Waals surface area contributed by atoms with Crippen molar-refractivity contribution in [3.05, 3.63) is 72.3 Å². The number of aromatic nitrogens is 3. The number of benzene rings is 2. The van der Waals surface area contributed by atoms with Crippen molar-refractivity contribution in [2.45, 2.75) is 6.54 Å². The van der Waals surface area contributed by atoms with Crippen LogP contribution in [0.5, 0.6) is 0 Å². The third kappa shape index (κ3) is 2.43. The monoisotopic (exact) mass is 260 g/mol. The number of nitriles is 1. The van der Waals surface area contributed by atoms with Crippen LogP contribution in [0.4, 0.5) is 0 Å². The maximum absolute atomic E-state index is 9.14. The molecule has 1 aromatic heterocycles. The quantitative estimate of drug-likeness (QED) is 0.727. The number of rotatable bonds is 3. The summed E-state index contributed by atoms with van der Waals surface area (Å²) in [5.41, 5.74) is 3.84. The van der Waals surface area contributed by atoms with Gasteiger partial charge >= 0.3 is 0 Å². The molecule has 20 heavy (non-hydrogen) atoms. The lowest BCUT2D eigenvalue weighted by Crippen LogP contribution is -1.99. The van der Waals surface area contributed by atoms with E-state index in [4.69, 9.17) is 5.26 Å². The minimum Gasteiger partial charge on any atom is -0.249 e. The van der Waals surface area contributed by atoms with Gasteiger partial charge in [-0.2, -0.15) is 10.4 Å². The fourth-order valence-corrected chi connectivity index (χ4v) is 2.12. The Hall–Kier alpha value is -2.93. The summed E-state index contributed by atoms with van der Waals surface area (Å²) in [5.74, 6) is 0. The molecule has 96 valence electrons. The Morgan fingerprint density at radius 1 is 1.05 bits per heavy atom. The average Bonchev–Trinajstić information content (AvgIpc) is 3.01. The van der Waals surface area contributed by atoms with Crippen LogP contribution in [0, 0.1) is 11.3 Å². The molecule has 0 amide bonds. The van der Waals surface area contributed by atoms with E-state index < -0.39 is 0 Å². The molecule has 0 aliphatic carbocycles. The molecule has 2 aromatic carbocycles. The standard InChI is InChI=1S/C16H12N4/c17-9-15-3-1-2-4-16(15)14-7-5-13(6-8-14)10-20-12-18-11-19-20/h1-8,11-12H,10H2. The average molecular weight is 260 g/mol. The van der Waals surface area contributed by atoms with Gasteiger partial charge in [0.05, 0.1) is 18.2 Å². The molecule has 0 radical (unpaired) electrons. The fourth-order valence-electron chi connectivity index (χ4n) is 2.12. The van der Waals surface area contributed by atoms with Gasteiger partial charge in [-0.1, -0.05) is 42.5 Å². The van der Waals surface area contributed by atoms with Crippen molar-refractivity contribution in [1.29, 1.82) is 5.26 Å². The van der Waals surface area contributed by atoms with E-state index in [2.05, 4.69) is 16.2 Å². The fraction of sp³-hybridized carbons (Fsp3) is 0.0625. The maximum Gasteiger partial charge on any atom is 0.137 e. The molecule has 0 saturated heterocycles. The van der Waals surface area contributed by atoms with Gasteiger partial charge in [0.15, 0.2) is 0 Å². The Morgan fingerprint density at radius 2 is 1.85 bits per heavy atom. The van der Waals surface area contributed by atoms with E-state index in [1.54, 1.807) is 11.0 Å². The van der Waals surface area contributed by atoms with Crippen LogP contribution in [-0.4, -0.2) is 14.8 Å². The predicted molar refractivity (Wildman–Crippen MR) is 75.7 cm³/mol. The Labute approximate surface area is 116 Å². The first-order valence-electron chi connectivity index (χ1n) is 6.27. The SMILES string of the molecule is N#Cc1ccccc1-c1ccc(Cn2cncn2)cc1. The van der Waals surface area contributed by atoms with Crippen LogP contribution in [0.3, 0.4) is 0 Å². The van der Waals surface area contributed by atoms with Crippen LogP contribution in [0.15, 0.2) is 61.2 Å². The topological polar surface area (TPSA) is 54.5 Å². The second-order valence-electron chi connectivity index (χ2n) is 4.45. The van der Waals surface area contributed by atoms with Gasteiger partial charge in [-0.3, -0.25) is 0 Å². The second kappa shape index (κ2) is 5.37. The first-order chi connectivity index (χ1) is 9.86. The Balaban J connectivity index is 1.88. The Kier molecular flexibility index (Phi) is 3.25. The molecule has 0 fully saturated rings. The van der Waals surface area contributed by atoms with E-state index in [9.17, 15) is 0 Å². The predicted octanol–water partition coefficient (Wildman–Crippen LogP) is 2.87. The van der Waals surface area contributed by atoms with E-state index in [1.807, 2.05) is 48.5 Å². The molecule has 4 heteroatoms. The molecule has 0 unspecified atom stereocenters. The van der Waals surface area contributed by atoms with E-state index in [0.29, 0.717) is 12.1 Å². The van der Waals surface area contributed by atoms with E-state index in [0.717, 1.165) is 16.7 Å². The highest BCUT2D eigenvalue weighted by atomic mass is 15.3. The number of hydrogen-bond donors (Lipinski definition) is 0. The summed E-state index contributed by atoms with van der Waals surface area (Å²) in [6.45, 7) is 0.695. The minimum absolute atomic E-state index is 0.691. The minimum atomic E-state index is 0.691. The summed E-state index contributed by atoms with van der Waals surface area (Å²) in [5, 5.41) is 13.2. The molecular weight excluding hydrogens is 248 g/mol. The van der Waals surface area contributed by atoms with Crippen molar-refractivity contribution in [3.8, 4) is 17.2 Å². The first-order valence-corrected chi connectivity index (χ1v) is 6.27. The van der Waals surface area contributed by atoms with Crippen LogP contribution in [0.2, 0.25) is 0 Å². The third-order valence-corrected chi connectivity index (χ3v) is 3.12. The van der Waals surface area contributed by atoms with Gasteiger partial charge in [0.25, 0.3) is 0 Å². The van der Waals surface area contributed by atoms with Crippen LogP contribution in [0.1, 0.15) is 11.1 Å². The molecule has 0 bridgehead atoms. The highest BCUT2D eigenvalue weighted by molar-refractivity contribution is 5.70. The summed E-state index contributed by atoms with van der Waals surface area (Å²) in [7, 11) is 0. The highest BCUT2D eigenvalue weighted by Crippen LogP contribution is 2.23. The van der Waals surface area contributed by atoms with Crippen molar-refractivity contribution < 1.29 is 0 Å². The molecular formula is C16H12N4. The van der Waals surface area contributed by atoms with Crippen molar-refractivity contribution in [2.24, 2.45) is 0 Å². The van der Waals surface area contributed by atoms with Gasteiger partial charge in [-0.25, -0.2) is 9.67 Å². The summed E-state index contributed by atoms with van der Waals surface area (Å²) in [6.07, 6.45) is 3.22. The van der Waals surface area contributed by atoms with Crippen LogP contribution in [-0.2, 0) is 6.54 Å². The zero-order valence-corrected chi connectivity index (χ0v) is 10.8. The molecule has 3 aromatic rings. The largest absolute Gasteiger partial charge is 0.249 e. The zero-order valence-electron chi connectivity index (χ0n) is 10.8. The summed E-state index contributed by atoms with van der Waals surface area (Å²) < 4.78 is 1.78. The molecule has 0 spiro atoms. The van der Waals surface area contributed by atoms with Gasteiger partial charge in [0.2, 0.25) is 0 Å². The Morgan fingerprint density at radius 3 is 2.55 bits per heavy atom. The van der Waals surface area contributed by atoms with Gasteiger partial charge in [-0.15, -0.1) is 0 Å². The lowest BCUT2D eigenvalue weighted by Gasteiger charge is -2.06. The van der Waals surface area contributed by atoms with E-state index in [-0.39, 0.29) is 0 Å². The molecule has 0 aliphatic heterocycles. The number of hydrogen-bond acceptors (Lipinski definition) is 3. The van der Waals surface area contributed by atoms with Gasteiger partial charge < -0.3 is 0 Å². The number of nitrogens with zero attached hydrogens (tertiary/aromatic N) is 4. The molecule has 0 atom stereocenters. The van der Waals surface area contributed by atoms with Crippen molar-refractivity contribution in [3.63, 3.8) is 0 Å². The molecule has 3 rings (SSSR count). The molecule has 0 saturated carbocycles. The van der Waals surface area contributed by atoms with Crippen LogP contribution >= 0.6 is 0 Å². The lowest BCUT2D eigenvalue weighted by molar-refractivity contribution is 0.685. The maximum atomic E-state index is 9.14. The lowest BCUT2D eigenvalue weighted by atomic mass is 9.99. The normalized spacial score (nSPS) is 10.2. The molecule has 4 nitrogen and oxygen atoms in total. The summed E-state index contributed by atoms with van der Waals surface area (Å²) in [4.78, 5) is 3.92. The van der Waals surface area contributed by atoms with Crippen molar-refractivity contribution in [2.75, 3.05) is 0 Å². The van der Waals surface area contributed by atoms with Gasteiger partial charge in [0, 0.05) is 0 Å².